The van der Waals surface area contributed by atoms with Crippen LogP contribution in [0.1, 0.15) is 40.5 Å². The lowest BCUT2D eigenvalue weighted by molar-refractivity contribution is 0.0494. The van der Waals surface area contributed by atoms with E-state index in [1.165, 1.54) is 4.68 Å². The highest BCUT2D eigenvalue weighted by Gasteiger charge is 2.29. The van der Waals surface area contributed by atoms with E-state index in [1.807, 2.05) is 27.7 Å². The molecule has 0 aromatic carbocycles. The normalized spacial score (nSPS) is 21.5. The molecule has 2 heterocycles. The van der Waals surface area contributed by atoms with Gasteiger partial charge in [0.1, 0.15) is 10.6 Å². The van der Waals surface area contributed by atoms with Crippen LogP contribution >= 0.6 is 11.6 Å². The van der Waals surface area contributed by atoms with Crippen molar-refractivity contribution in [1.29, 1.82) is 0 Å². The third-order valence-corrected chi connectivity index (χ3v) is 4.32. The third-order valence-electron chi connectivity index (χ3n) is 3.97. The minimum atomic E-state index is -0.514. The number of aryl methyl sites for hydroxylation is 1. The Kier molecular flexibility index (Phi) is 5.42. The summed E-state index contributed by atoms with van der Waals surface area (Å²) < 4.78 is 6.51. The van der Waals surface area contributed by atoms with Crippen LogP contribution in [0.3, 0.4) is 0 Å². The summed E-state index contributed by atoms with van der Waals surface area (Å²) in [6.45, 7) is 8.22. The molecule has 7 nitrogen and oxygen atoms in total. The fourth-order valence-corrected chi connectivity index (χ4v) is 3.12. The van der Waals surface area contributed by atoms with Gasteiger partial charge in [0.25, 0.3) is 5.56 Å². The van der Waals surface area contributed by atoms with Crippen LogP contribution < -0.4 is 15.8 Å². The molecular formula is C16H25ClN4O3. The summed E-state index contributed by atoms with van der Waals surface area (Å²) in [5, 5.41) is 7.13. The number of hydrogen-bond acceptors (Lipinski definition) is 5. The predicted molar refractivity (Wildman–Crippen MR) is 93.7 cm³/mol. The molecule has 134 valence electrons. The van der Waals surface area contributed by atoms with Crippen LogP contribution in [-0.4, -0.2) is 40.1 Å². The molecule has 8 heteroatoms. The number of carbonyl (C=O) groups excluding carboxylic acids is 1. The molecule has 1 amide bonds. The first kappa shape index (κ1) is 18.6. The van der Waals surface area contributed by atoms with Gasteiger partial charge in [-0.3, -0.25) is 4.79 Å². The quantitative estimate of drug-likeness (QED) is 0.880. The Morgan fingerprint density at radius 3 is 2.71 bits per heavy atom. The number of halogens is 1. The Balaban J connectivity index is 2.02. The van der Waals surface area contributed by atoms with Gasteiger partial charge in [-0.15, -0.1) is 0 Å². The van der Waals surface area contributed by atoms with E-state index in [0.29, 0.717) is 12.2 Å². The maximum Gasteiger partial charge on any atom is 0.407 e. The largest absolute Gasteiger partial charge is 0.444 e. The van der Waals surface area contributed by atoms with Crippen molar-refractivity contribution in [2.24, 2.45) is 7.05 Å². The molecule has 0 spiro atoms. The third kappa shape index (κ3) is 4.41. The highest BCUT2D eigenvalue weighted by Crippen LogP contribution is 2.28. The van der Waals surface area contributed by atoms with Gasteiger partial charge in [0.15, 0.2) is 0 Å². The van der Waals surface area contributed by atoms with Crippen molar-refractivity contribution in [3.63, 3.8) is 0 Å². The van der Waals surface area contributed by atoms with E-state index in [4.69, 9.17) is 16.3 Å². The maximum atomic E-state index is 11.9. The molecule has 24 heavy (non-hydrogen) atoms. The van der Waals surface area contributed by atoms with E-state index >= 15 is 0 Å². The monoisotopic (exact) mass is 356 g/mol. The number of aromatic nitrogens is 2. The smallest absolute Gasteiger partial charge is 0.407 e. The Hall–Kier alpha value is -1.76. The van der Waals surface area contributed by atoms with Crippen molar-refractivity contribution in [1.82, 2.24) is 15.1 Å². The summed E-state index contributed by atoms with van der Waals surface area (Å²) in [6, 6.07) is 0.148. The van der Waals surface area contributed by atoms with Gasteiger partial charge >= 0.3 is 6.09 Å². The van der Waals surface area contributed by atoms with Crippen molar-refractivity contribution in [2.45, 2.75) is 58.2 Å². The number of alkyl carbamates (subject to hydrolysis) is 1. The molecule has 1 aromatic heterocycles. The van der Waals surface area contributed by atoms with Crippen LogP contribution in [0.2, 0.25) is 5.02 Å². The van der Waals surface area contributed by atoms with Crippen LogP contribution in [0.4, 0.5) is 10.5 Å². The zero-order chi connectivity index (χ0) is 18.1. The fourth-order valence-electron chi connectivity index (χ4n) is 2.84. The van der Waals surface area contributed by atoms with Gasteiger partial charge in [-0.25, -0.2) is 9.48 Å². The summed E-state index contributed by atoms with van der Waals surface area (Å²) in [6.07, 6.45) is 2.70. The molecule has 1 N–H and O–H groups in total. The van der Waals surface area contributed by atoms with Crippen LogP contribution in [0.25, 0.3) is 0 Å². The molecule has 1 aromatic rings. The van der Waals surface area contributed by atoms with Gasteiger partial charge in [0.05, 0.1) is 11.9 Å². The van der Waals surface area contributed by atoms with Crippen molar-refractivity contribution >= 4 is 23.4 Å². The number of ether oxygens (including phenoxy) is 1. The lowest BCUT2D eigenvalue weighted by Crippen LogP contribution is -2.50. The number of nitrogens with zero attached hydrogens (tertiary/aromatic N) is 3. The lowest BCUT2D eigenvalue weighted by Gasteiger charge is -2.39. The highest BCUT2D eigenvalue weighted by molar-refractivity contribution is 6.33. The first-order valence-corrected chi connectivity index (χ1v) is 8.44. The Morgan fingerprint density at radius 2 is 2.12 bits per heavy atom. The van der Waals surface area contributed by atoms with E-state index in [9.17, 15) is 9.59 Å². The summed E-state index contributed by atoms with van der Waals surface area (Å²) in [7, 11) is 1.57. The number of anilines is 1. The van der Waals surface area contributed by atoms with Gasteiger partial charge in [-0.05, 0) is 40.5 Å². The highest BCUT2D eigenvalue weighted by atomic mass is 35.5. The fraction of sp³-hybridized carbons (Fsp3) is 0.688. The van der Waals surface area contributed by atoms with Crippen molar-refractivity contribution in [3.8, 4) is 0 Å². The molecule has 0 bridgehead atoms. The summed E-state index contributed by atoms with van der Waals surface area (Å²) in [5.74, 6) is 0. The number of piperidine rings is 1. The first-order valence-electron chi connectivity index (χ1n) is 8.06. The molecule has 2 unspecified atom stereocenters. The Bertz CT molecular complexity index is 668. The zero-order valence-corrected chi connectivity index (χ0v) is 15.6. The van der Waals surface area contributed by atoms with E-state index in [0.717, 1.165) is 12.8 Å². The molecule has 1 saturated heterocycles. The maximum absolute atomic E-state index is 11.9. The van der Waals surface area contributed by atoms with E-state index in [-0.39, 0.29) is 22.7 Å². The summed E-state index contributed by atoms with van der Waals surface area (Å²) in [4.78, 5) is 25.9. The van der Waals surface area contributed by atoms with Crippen molar-refractivity contribution < 1.29 is 9.53 Å². The van der Waals surface area contributed by atoms with E-state index in [1.54, 1.807) is 13.2 Å². The first-order chi connectivity index (χ1) is 11.1. The minimum Gasteiger partial charge on any atom is -0.444 e. The van der Waals surface area contributed by atoms with Crippen LogP contribution in [0.15, 0.2) is 11.0 Å². The van der Waals surface area contributed by atoms with Crippen molar-refractivity contribution in [2.75, 3.05) is 11.4 Å². The number of carbonyl (C=O) groups is 1. The molecule has 0 aliphatic carbocycles. The van der Waals surface area contributed by atoms with Crippen LogP contribution in [0, 0.1) is 0 Å². The minimum absolute atomic E-state index is 0.0318. The second-order valence-corrected chi connectivity index (χ2v) is 7.56. The molecule has 0 saturated carbocycles. The second kappa shape index (κ2) is 7.01. The summed E-state index contributed by atoms with van der Waals surface area (Å²) in [5.41, 5.74) is -0.182. The standard InChI is InChI=1S/C16H25ClN4O3/c1-10-8-11(19-15(23)24-16(2,3)4)6-7-21(10)12-9-18-20(5)14(22)13(12)17/h9-11H,6-8H2,1-5H3,(H,19,23). The average molecular weight is 357 g/mol. The van der Waals surface area contributed by atoms with E-state index in [2.05, 4.69) is 15.3 Å². The molecule has 2 atom stereocenters. The van der Waals surface area contributed by atoms with E-state index < -0.39 is 11.7 Å². The molecular weight excluding hydrogens is 332 g/mol. The van der Waals surface area contributed by atoms with Gasteiger partial charge in [0.2, 0.25) is 0 Å². The van der Waals surface area contributed by atoms with Crippen LogP contribution in [0.5, 0.6) is 0 Å². The SMILES string of the molecule is CC1CC(NC(=O)OC(C)(C)C)CCN1c1cnn(C)c(=O)c1Cl. The zero-order valence-electron chi connectivity index (χ0n) is 14.8. The molecule has 0 radical (unpaired) electrons. The van der Waals surface area contributed by atoms with Crippen molar-refractivity contribution in [3.05, 3.63) is 21.6 Å². The predicted octanol–water partition coefficient (Wildman–Crippen LogP) is 2.32. The lowest BCUT2D eigenvalue weighted by atomic mass is 9.98. The van der Waals surface area contributed by atoms with Gasteiger partial charge in [-0.1, -0.05) is 11.6 Å². The van der Waals surface area contributed by atoms with Gasteiger partial charge in [0, 0.05) is 25.7 Å². The number of nitrogens with one attached hydrogen (secondary N) is 1. The van der Waals surface area contributed by atoms with Gasteiger partial charge < -0.3 is 15.0 Å². The topological polar surface area (TPSA) is 76.5 Å². The Labute approximate surface area is 146 Å². The molecule has 1 aliphatic rings. The molecule has 1 fully saturated rings. The number of rotatable bonds is 2. The van der Waals surface area contributed by atoms with Crippen LogP contribution in [-0.2, 0) is 11.8 Å². The van der Waals surface area contributed by atoms with Gasteiger partial charge in [-0.2, -0.15) is 5.10 Å². The number of amides is 1. The number of hydrogen-bond donors (Lipinski definition) is 1. The molecule has 2 rings (SSSR count). The molecule has 1 aliphatic heterocycles. The summed E-state index contributed by atoms with van der Waals surface area (Å²) >= 11 is 6.19. The second-order valence-electron chi connectivity index (χ2n) is 7.18. The average Bonchev–Trinajstić information content (AvgIpc) is 2.44. The Morgan fingerprint density at radius 1 is 1.46 bits per heavy atom.